The van der Waals surface area contributed by atoms with Crippen LogP contribution in [0.3, 0.4) is 0 Å². The van der Waals surface area contributed by atoms with E-state index in [1.54, 1.807) is 10.6 Å². The third-order valence-electron chi connectivity index (χ3n) is 3.99. The number of hydrogen-bond acceptors (Lipinski definition) is 5. The molecule has 0 aliphatic heterocycles. The second kappa shape index (κ2) is 7.85. The van der Waals surface area contributed by atoms with Gasteiger partial charge in [0.2, 0.25) is 0 Å². The Morgan fingerprint density at radius 1 is 1.32 bits per heavy atom. The molecule has 25 heavy (non-hydrogen) atoms. The van der Waals surface area contributed by atoms with Crippen molar-refractivity contribution in [1.82, 2.24) is 9.55 Å². The second-order valence-corrected chi connectivity index (χ2v) is 9.07. The number of halogens is 1. The molecule has 0 aliphatic carbocycles. The SMILES string of the molecule is CCC(C)n1c(SCC(=O)c2ccc(Br)s2)nc2ccccc2c1=O. The molecule has 2 heterocycles. The number of nitrogens with zero attached hydrogens (tertiary/aromatic N) is 2. The van der Waals surface area contributed by atoms with Crippen molar-refractivity contribution in [2.75, 3.05) is 5.75 Å². The minimum Gasteiger partial charge on any atom is -0.292 e. The minimum atomic E-state index is -0.0474. The van der Waals surface area contributed by atoms with Crippen molar-refractivity contribution in [1.29, 1.82) is 0 Å². The lowest BCUT2D eigenvalue weighted by Gasteiger charge is -2.18. The van der Waals surface area contributed by atoms with Crippen molar-refractivity contribution in [2.45, 2.75) is 31.5 Å². The summed E-state index contributed by atoms with van der Waals surface area (Å²) in [6.07, 6.45) is 0.819. The standard InChI is InChI=1S/C18H17BrN2O2S2/c1-3-11(2)21-17(23)12-6-4-5-7-13(12)20-18(21)24-10-14(22)15-8-9-16(19)25-15/h4-9,11H,3,10H2,1-2H3. The Labute approximate surface area is 162 Å². The topological polar surface area (TPSA) is 52.0 Å². The van der Waals surface area contributed by atoms with Gasteiger partial charge in [0.25, 0.3) is 5.56 Å². The molecule has 4 nitrogen and oxygen atoms in total. The number of thioether (sulfide) groups is 1. The van der Waals surface area contributed by atoms with E-state index in [0.717, 1.165) is 10.2 Å². The Morgan fingerprint density at radius 2 is 2.08 bits per heavy atom. The summed E-state index contributed by atoms with van der Waals surface area (Å²) >= 11 is 6.12. The first-order valence-electron chi connectivity index (χ1n) is 7.94. The highest BCUT2D eigenvalue weighted by Gasteiger charge is 2.17. The van der Waals surface area contributed by atoms with E-state index in [1.165, 1.54) is 23.1 Å². The molecule has 0 spiro atoms. The van der Waals surface area contributed by atoms with Gasteiger partial charge >= 0.3 is 0 Å². The van der Waals surface area contributed by atoms with Crippen molar-refractivity contribution in [3.8, 4) is 0 Å². The van der Waals surface area contributed by atoms with E-state index in [-0.39, 0.29) is 23.1 Å². The molecule has 3 rings (SSSR count). The van der Waals surface area contributed by atoms with Gasteiger partial charge in [-0.05, 0) is 53.5 Å². The quantitative estimate of drug-likeness (QED) is 0.304. The number of thiophene rings is 1. The van der Waals surface area contributed by atoms with Crippen LogP contribution in [-0.2, 0) is 0 Å². The first-order valence-corrected chi connectivity index (χ1v) is 10.5. The molecule has 0 amide bonds. The molecule has 0 bridgehead atoms. The fourth-order valence-corrected chi connectivity index (χ4v) is 4.86. The summed E-state index contributed by atoms with van der Waals surface area (Å²) in [6, 6.07) is 11.0. The number of aromatic nitrogens is 2. The van der Waals surface area contributed by atoms with Crippen LogP contribution in [0.25, 0.3) is 10.9 Å². The molecule has 1 unspecified atom stereocenters. The lowest BCUT2D eigenvalue weighted by Crippen LogP contribution is -2.26. The van der Waals surface area contributed by atoms with E-state index in [1.807, 2.05) is 44.2 Å². The van der Waals surface area contributed by atoms with Gasteiger partial charge in [-0.25, -0.2) is 4.98 Å². The predicted molar refractivity (Wildman–Crippen MR) is 108 cm³/mol. The van der Waals surface area contributed by atoms with E-state index < -0.39 is 0 Å². The Bertz CT molecular complexity index is 981. The summed E-state index contributed by atoms with van der Waals surface area (Å²) in [5.41, 5.74) is 0.620. The number of hydrogen-bond donors (Lipinski definition) is 0. The summed E-state index contributed by atoms with van der Waals surface area (Å²) in [5.74, 6) is 0.299. The molecule has 0 radical (unpaired) electrons. The van der Waals surface area contributed by atoms with Gasteiger partial charge in [-0.3, -0.25) is 14.2 Å². The normalized spacial score (nSPS) is 12.4. The molecule has 130 valence electrons. The molecule has 0 aliphatic rings. The number of para-hydroxylation sites is 1. The highest BCUT2D eigenvalue weighted by Crippen LogP contribution is 2.26. The van der Waals surface area contributed by atoms with Crippen LogP contribution in [0.2, 0.25) is 0 Å². The molecule has 7 heteroatoms. The van der Waals surface area contributed by atoms with Crippen LogP contribution in [0.5, 0.6) is 0 Å². The summed E-state index contributed by atoms with van der Waals surface area (Å²) in [4.78, 5) is 30.6. The van der Waals surface area contributed by atoms with Crippen LogP contribution in [-0.4, -0.2) is 21.1 Å². The highest BCUT2D eigenvalue weighted by molar-refractivity contribution is 9.11. The fourth-order valence-electron chi connectivity index (χ4n) is 2.46. The Hall–Kier alpha value is -1.44. The van der Waals surface area contributed by atoms with Crippen LogP contribution in [0, 0.1) is 0 Å². The molecule has 0 saturated heterocycles. The molecule has 2 aromatic heterocycles. The van der Waals surface area contributed by atoms with E-state index in [4.69, 9.17) is 0 Å². The third-order valence-corrected chi connectivity index (χ3v) is 6.60. The molecule has 1 atom stereocenters. The van der Waals surface area contributed by atoms with Crippen LogP contribution >= 0.6 is 39.0 Å². The van der Waals surface area contributed by atoms with Gasteiger partial charge < -0.3 is 0 Å². The summed E-state index contributed by atoms with van der Waals surface area (Å²) in [7, 11) is 0. The van der Waals surface area contributed by atoms with Crippen LogP contribution in [0.1, 0.15) is 36.0 Å². The number of fused-ring (bicyclic) bond motifs is 1. The lowest BCUT2D eigenvalue weighted by atomic mass is 10.2. The number of ketones is 1. The first kappa shape index (κ1) is 18.4. The molecule has 0 fully saturated rings. The zero-order valence-electron chi connectivity index (χ0n) is 13.9. The molecular weight excluding hydrogens is 420 g/mol. The van der Waals surface area contributed by atoms with Crippen molar-refractivity contribution >= 4 is 55.7 Å². The lowest BCUT2D eigenvalue weighted by molar-refractivity contribution is 0.102. The fraction of sp³-hybridized carbons (Fsp3) is 0.278. The van der Waals surface area contributed by atoms with E-state index >= 15 is 0 Å². The molecule has 0 N–H and O–H groups in total. The van der Waals surface area contributed by atoms with E-state index in [0.29, 0.717) is 20.9 Å². The van der Waals surface area contributed by atoms with E-state index in [2.05, 4.69) is 20.9 Å². The van der Waals surface area contributed by atoms with Crippen molar-refractivity contribution < 1.29 is 4.79 Å². The molecular formula is C18H17BrN2O2S2. The Kier molecular flexibility index (Phi) is 5.76. The maximum atomic E-state index is 12.9. The van der Waals surface area contributed by atoms with Crippen LogP contribution < -0.4 is 5.56 Å². The zero-order valence-corrected chi connectivity index (χ0v) is 17.1. The number of rotatable bonds is 6. The summed E-state index contributed by atoms with van der Waals surface area (Å²) < 4.78 is 2.64. The second-order valence-electron chi connectivity index (χ2n) is 5.66. The summed E-state index contributed by atoms with van der Waals surface area (Å²) in [5, 5.41) is 1.21. The van der Waals surface area contributed by atoms with E-state index in [9.17, 15) is 9.59 Å². The monoisotopic (exact) mass is 436 g/mol. The van der Waals surface area contributed by atoms with Gasteiger partial charge in [0.05, 0.1) is 25.3 Å². The number of benzene rings is 1. The van der Waals surface area contributed by atoms with Crippen LogP contribution in [0.15, 0.2) is 50.1 Å². The summed E-state index contributed by atoms with van der Waals surface area (Å²) in [6.45, 7) is 4.04. The molecule has 1 aromatic carbocycles. The largest absolute Gasteiger partial charge is 0.292 e. The number of carbonyl (C=O) groups excluding carboxylic acids is 1. The van der Waals surface area contributed by atoms with Gasteiger partial charge in [-0.15, -0.1) is 11.3 Å². The van der Waals surface area contributed by atoms with Gasteiger partial charge in [-0.2, -0.15) is 0 Å². The van der Waals surface area contributed by atoms with Gasteiger partial charge in [0.1, 0.15) is 0 Å². The maximum absolute atomic E-state index is 12.9. The Balaban J connectivity index is 1.96. The van der Waals surface area contributed by atoms with Crippen molar-refractivity contribution in [3.05, 3.63) is 55.4 Å². The molecule has 3 aromatic rings. The maximum Gasteiger partial charge on any atom is 0.262 e. The first-order chi connectivity index (χ1) is 12.0. The smallest absolute Gasteiger partial charge is 0.262 e. The average Bonchev–Trinajstić information content (AvgIpc) is 3.05. The molecule has 0 saturated carbocycles. The number of Topliss-reactive ketones (excluding diaryl/α,β-unsaturated/α-hetero) is 1. The minimum absolute atomic E-state index is 0.0260. The van der Waals surface area contributed by atoms with Gasteiger partial charge in [0.15, 0.2) is 10.9 Å². The van der Waals surface area contributed by atoms with Crippen molar-refractivity contribution in [3.63, 3.8) is 0 Å². The van der Waals surface area contributed by atoms with Crippen molar-refractivity contribution in [2.24, 2.45) is 0 Å². The number of carbonyl (C=O) groups is 1. The highest BCUT2D eigenvalue weighted by atomic mass is 79.9. The van der Waals surface area contributed by atoms with Crippen LogP contribution in [0.4, 0.5) is 0 Å². The zero-order chi connectivity index (χ0) is 18.0. The predicted octanol–water partition coefficient (Wildman–Crippen LogP) is 5.17. The Morgan fingerprint density at radius 3 is 2.76 bits per heavy atom. The average molecular weight is 437 g/mol. The van der Waals surface area contributed by atoms with Gasteiger partial charge in [-0.1, -0.05) is 30.8 Å². The third kappa shape index (κ3) is 3.88. The van der Waals surface area contributed by atoms with Gasteiger partial charge in [0, 0.05) is 6.04 Å².